The number of carbonyl (C=O) groups is 2. The summed E-state index contributed by atoms with van der Waals surface area (Å²) >= 11 is 0. The van der Waals surface area contributed by atoms with Crippen molar-refractivity contribution in [3.63, 3.8) is 0 Å². The van der Waals surface area contributed by atoms with Crippen molar-refractivity contribution in [2.75, 3.05) is 6.54 Å². The highest BCUT2D eigenvalue weighted by atomic mass is 19.1. The number of halogens is 2. The molecule has 2 heterocycles. The Morgan fingerprint density at radius 1 is 1.52 bits per heavy atom. The molecule has 2 amide bonds. The van der Waals surface area contributed by atoms with Gasteiger partial charge in [-0.15, -0.1) is 0 Å². The summed E-state index contributed by atoms with van der Waals surface area (Å²) in [4.78, 5) is 26.0. The average molecular weight is 353 g/mol. The van der Waals surface area contributed by atoms with Gasteiger partial charge >= 0.3 is 0 Å². The lowest BCUT2D eigenvalue weighted by molar-refractivity contribution is -0.155. The van der Waals surface area contributed by atoms with Crippen molar-refractivity contribution in [1.82, 2.24) is 21.2 Å². The Hall–Kier alpha value is -2.59. The molecule has 2 aliphatic rings. The van der Waals surface area contributed by atoms with E-state index in [2.05, 4.69) is 21.4 Å². The van der Waals surface area contributed by atoms with Gasteiger partial charge in [-0.1, -0.05) is 0 Å². The molecule has 1 fully saturated rings. The lowest BCUT2D eigenvalue weighted by Gasteiger charge is -2.24. The van der Waals surface area contributed by atoms with Crippen LogP contribution in [0.15, 0.2) is 17.2 Å². The molecule has 2 atom stereocenters. The summed E-state index contributed by atoms with van der Waals surface area (Å²) in [7, 11) is 0. The molecule has 8 nitrogen and oxygen atoms in total. The first-order chi connectivity index (χ1) is 11.8. The second-order valence-corrected chi connectivity index (χ2v) is 5.97. The fourth-order valence-electron chi connectivity index (χ4n) is 2.86. The molecule has 2 unspecified atom stereocenters. The summed E-state index contributed by atoms with van der Waals surface area (Å²) < 4.78 is 27.3. The molecule has 1 aromatic rings. The third kappa shape index (κ3) is 3.05. The zero-order valence-corrected chi connectivity index (χ0v) is 13.3. The molecule has 1 saturated heterocycles. The lowest BCUT2D eigenvalue weighted by atomic mass is 10.0. The molecule has 0 spiro atoms. The van der Waals surface area contributed by atoms with Crippen molar-refractivity contribution in [2.45, 2.75) is 31.7 Å². The summed E-state index contributed by atoms with van der Waals surface area (Å²) in [5.74, 6) is -3.02. The van der Waals surface area contributed by atoms with Crippen LogP contribution in [0.5, 0.6) is 0 Å². The number of likely N-dealkylation sites (tertiary alicyclic amines) is 1. The maximum atomic E-state index is 14.0. The van der Waals surface area contributed by atoms with Crippen molar-refractivity contribution in [3.05, 3.63) is 34.9 Å². The zero-order valence-electron chi connectivity index (χ0n) is 13.3. The van der Waals surface area contributed by atoms with Crippen LogP contribution in [0.1, 0.15) is 17.5 Å². The van der Waals surface area contributed by atoms with Crippen LogP contribution in [0, 0.1) is 18.6 Å². The predicted octanol–water partition coefficient (Wildman–Crippen LogP) is -0.727. The van der Waals surface area contributed by atoms with Crippen LogP contribution < -0.4 is 16.3 Å². The number of amides is 2. The Morgan fingerprint density at radius 2 is 2.28 bits per heavy atom. The summed E-state index contributed by atoms with van der Waals surface area (Å²) in [6.07, 6.45) is 0.735. The van der Waals surface area contributed by atoms with Crippen LogP contribution in [-0.4, -0.2) is 46.3 Å². The number of hydrogen-bond acceptors (Lipinski definition) is 6. The number of hydrazone groups is 1. The Labute approximate surface area is 141 Å². The number of nitrogens with zero attached hydrogens (tertiary/aromatic N) is 2. The van der Waals surface area contributed by atoms with Crippen LogP contribution in [0.25, 0.3) is 0 Å². The Bertz CT molecular complexity index is 757. The van der Waals surface area contributed by atoms with Gasteiger partial charge in [0, 0.05) is 25.1 Å². The van der Waals surface area contributed by atoms with Gasteiger partial charge in [0.1, 0.15) is 17.8 Å². The average Bonchev–Trinajstić information content (AvgIpc) is 3.19. The van der Waals surface area contributed by atoms with E-state index in [0.29, 0.717) is 0 Å². The van der Waals surface area contributed by atoms with Gasteiger partial charge in [-0.3, -0.25) is 9.59 Å². The fraction of sp³-hybridized carbons (Fsp3) is 0.400. The van der Waals surface area contributed by atoms with Crippen molar-refractivity contribution in [1.29, 1.82) is 0 Å². The first kappa shape index (κ1) is 17.2. The minimum Gasteiger partial charge on any atom is -0.372 e. The molecule has 0 saturated carbocycles. The van der Waals surface area contributed by atoms with E-state index in [1.54, 1.807) is 0 Å². The maximum Gasteiger partial charge on any atom is 0.266 e. The topological polar surface area (TPSA) is 106 Å². The largest absolute Gasteiger partial charge is 0.372 e. The van der Waals surface area contributed by atoms with Crippen molar-refractivity contribution in [2.24, 2.45) is 5.10 Å². The highest BCUT2D eigenvalue weighted by molar-refractivity contribution is 6.10. The van der Waals surface area contributed by atoms with E-state index in [1.807, 2.05) is 0 Å². The molecule has 0 radical (unpaired) electrons. The van der Waals surface area contributed by atoms with Gasteiger partial charge in [-0.2, -0.15) is 10.5 Å². The van der Waals surface area contributed by atoms with Crippen molar-refractivity contribution in [3.8, 4) is 0 Å². The number of rotatable bonds is 4. The third-order valence-electron chi connectivity index (χ3n) is 4.27. The number of hydrogen-bond donors (Lipinski definition) is 4. The van der Waals surface area contributed by atoms with Crippen LogP contribution >= 0.6 is 0 Å². The molecule has 0 bridgehead atoms. The fourth-order valence-corrected chi connectivity index (χ4v) is 2.86. The SMILES string of the molecule is Cc1cc(F)cc(CNC(=O)C2(O)CCN(C3C=NNN3)C2=O)c1F. The second-order valence-electron chi connectivity index (χ2n) is 5.97. The molecule has 0 aromatic heterocycles. The second kappa shape index (κ2) is 6.37. The van der Waals surface area contributed by atoms with E-state index in [9.17, 15) is 23.5 Å². The molecule has 1 aromatic carbocycles. The standard InChI is InChI=1S/C15H17F2N5O3/c1-8-4-10(16)5-9(12(8)17)6-18-13(23)15(25)2-3-22(14(15)24)11-7-19-21-20-11/h4-5,7,11,20-21,25H,2-3,6H2,1H3,(H,18,23). The van der Waals surface area contributed by atoms with E-state index in [0.717, 1.165) is 12.1 Å². The number of carbonyl (C=O) groups excluding carboxylic acids is 2. The van der Waals surface area contributed by atoms with Gasteiger partial charge < -0.3 is 15.3 Å². The number of hydrazine groups is 1. The monoisotopic (exact) mass is 353 g/mol. The summed E-state index contributed by atoms with van der Waals surface area (Å²) in [5, 5.41) is 16.5. The van der Waals surface area contributed by atoms with E-state index in [1.165, 1.54) is 18.0 Å². The zero-order chi connectivity index (χ0) is 18.2. The Kier molecular flexibility index (Phi) is 4.39. The van der Waals surface area contributed by atoms with Crippen molar-refractivity contribution >= 4 is 18.0 Å². The summed E-state index contributed by atoms with van der Waals surface area (Å²) in [5.41, 5.74) is 2.92. The summed E-state index contributed by atoms with van der Waals surface area (Å²) in [6, 6.07) is 2.00. The number of aryl methyl sites for hydroxylation is 1. The quantitative estimate of drug-likeness (QED) is 0.534. The molecule has 2 aliphatic heterocycles. The van der Waals surface area contributed by atoms with Gasteiger partial charge in [0.05, 0.1) is 6.21 Å². The minimum absolute atomic E-state index is 0.0643. The number of aliphatic hydroxyl groups is 1. The Morgan fingerprint density at radius 3 is 2.96 bits per heavy atom. The number of nitrogens with one attached hydrogen (secondary N) is 3. The Balaban J connectivity index is 1.69. The highest BCUT2D eigenvalue weighted by Crippen LogP contribution is 2.25. The first-order valence-electron chi connectivity index (χ1n) is 7.63. The minimum atomic E-state index is -2.25. The molecule has 134 valence electrons. The molecular formula is C15H17F2N5O3. The van der Waals surface area contributed by atoms with Crippen LogP contribution in [0.3, 0.4) is 0 Å². The van der Waals surface area contributed by atoms with Crippen LogP contribution in [0.2, 0.25) is 0 Å². The molecule has 10 heteroatoms. The van der Waals surface area contributed by atoms with E-state index in [4.69, 9.17) is 0 Å². The first-order valence-corrected chi connectivity index (χ1v) is 7.63. The maximum absolute atomic E-state index is 14.0. The molecule has 3 rings (SSSR count). The van der Waals surface area contributed by atoms with Crippen molar-refractivity contribution < 1.29 is 23.5 Å². The smallest absolute Gasteiger partial charge is 0.266 e. The lowest BCUT2D eigenvalue weighted by Crippen LogP contribution is -2.56. The van der Waals surface area contributed by atoms with Gasteiger partial charge in [0.2, 0.25) is 5.60 Å². The highest BCUT2D eigenvalue weighted by Gasteiger charge is 2.53. The predicted molar refractivity (Wildman–Crippen MR) is 82.8 cm³/mol. The summed E-state index contributed by atoms with van der Waals surface area (Å²) in [6.45, 7) is 1.20. The molecule has 25 heavy (non-hydrogen) atoms. The van der Waals surface area contributed by atoms with Gasteiger partial charge in [0.25, 0.3) is 11.8 Å². The van der Waals surface area contributed by atoms with Crippen LogP contribution in [0.4, 0.5) is 8.78 Å². The molecule has 0 aliphatic carbocycles. The van der Waals surface area contributed by atoms with E-state index in [-0.39, 0.29) is 30.6 Å². The van der Waals surface area contributed by atoms with Gasteiger partial charge in [-0.05, 0) is 24.6 Å². The van der Waals surface area contributed by atoms with Gasteiger partial charge in [-0.25, -0.2) is 14.3 Å². The van der Waals surface area contributed by atoms with Crippen LogP contribution in [-0.2, 0) is 16.1 Å². The van der Waals surface area contributed by atoms with Gasteiger partial charge in [0.15, 0.2) is 0 Å². The van der Waals surface area contributed by atoms with E-state index < -0.39 is 35.2 Å². The molecule has 4 N–H and O–H groups in total. The normalized spacial score (nSPS) is 25.4. The molecular weight excluding hydrogens is 336 g/mol. The third-order valence-corrected chi connectivity index (χ3v) is 4.27. The number of benzene rings is 1. The van der Waals surface area contributed by atoms with E-state index >= 15 is 0 Å².